The van der Waals surface area contributed by atoms with Gasteiger partial charge in [0.05, 0.1) is 6.61 Å². The van der Waals surface area contributed by atoms with Crippen molar-refractivity contribution in [1.82, 2.24) is 0 Å². The van der Waals surface area contributed by atoms with Gasteiger partial charge in [-0.1, -0.05) is 6.07 Å². The predicted molar refractivity (Wildman–Crippen MR) is 71.1 cm³/mol. The average molecular weight is 232 g/mol. The molecule has 0 spiro atoms. The van der Waals surface area contributed by atoms with Gasteiger partial charge in [0.2, 0.25) is 0 Å². The Labute approximate surface area is 103 Å². The van der Waals surface area contributed by atoms with Crippen molar-refractivity contribution in [3.05, 3.63) is 40.0 Å². The Morgan fingerprint density at radius 1 is 1.18 bits per heavy atom. The quantitative estimate of drug-likeness (QED) is 0.589. The van der Waals surface area contributed by atoms with E-state index in [2.05, 4.69) is 33.8 Å². The first-order valence-electron chi connectivity index (χ1n) is 5.89. The molecule has 0 N–H and O–H groups in total. The second-order valence-electron chi connectivity index (χ2n) is 4.26. The fourth-order valence-electron chi connectivity index (χ4n) is 1.84. The van der Waals surface area contributed by atoms with E-state index in [0.29, 0.717) is 6.61 Å². The molecule has 92 valence electrons. The number of hydrogen-bond donors (Lipinski definition) is 0. The molecule has 0 aliphatic rings. The minimum atomic E-state index is -0.287. The van der Waals surface area contributed by atoms with Gasteiger partial charge in [-0.25, -0.2) is 4.79 Å². The highest BCUT2D eigenvalue weighted by atomic mass is 16.5. The van der Waals surface area contributed by atoms with E-state index >= 15 is 0 Å². The van der Waals surface area contributed by atoms with Gasteiger partial charge in [0.1, 0.15) is 0 Å². The van der Waals surface area contributed by atoms with Gasteiger partial charge in [-0.15, -0.1) is 0 Å². The molecule has 0 radical (unpaired) electrons. The van der Waals surface area contributed by atoms with E-state index in [1.165, 1.54) is 28.3 Å². The summed E-state index contributed by atoms with van der Waals surface area (Å²) < 4.78 is 4.88. The lowest BCUT2D eigenvalue weighted by molar-refractivity contribution is -0.137. The van der Waals surface area contributed by atoms with Crippen LogP contribution in [0.3, 0.4) is 0 Å². The molecular weight excluding hydrogens is 212 g/mol. The normalized spacial score (nSPS) is 10.9. The number of hydrogen-bond acceptors (Lipinski definition) is 2. The van der Waals surface area contributed by atoms with Crippen molar-refractivity contribution in [1.29, 1.82) is 0 Å². The van der Waals surface area contributed by atoms with Gasteiger partial charge in [0, 0.05) is 6.08 Å². The standard InChI is InChI=1S/C15H20O2/c1-6-17-15(16)8-7-14-12(4)10(2)9-11(3)13(14)5/h7-9H,6H2,1-5H3/b8-7+. The lowest BCUT2D eigenvalue weighted by Crippen LogP contribution is -2.00. The summed E-state index contributed by atoms with van der Waals surface area (Å²) in [6.07, 6.45) is 3.35. The van der Waals surface area contributed by atoms with Gasteiger partial charge in [0.25, 0.3) is 0 Å². The van der Waals surface area contributed by atoms with Gasteiger partial charge < -0.3 is 4.74 Å². The molecule has 0 heterocycles. The molecule has 2 nitrogen and oxygen atoms in total. The van der Waals surface area contributed by atoms with Crippen LogP contribution in [0.2, 0.25) is 0 Å². The van der Waals surface area contributed by atoms with Crippen LogP contribution in [0.25, 0.3) is 6.08 Å². The third kappa shape index (κ3) is 3.19. The third-order valence-corrected chi connectivity index (χ3v) is 3.10. The van der Waals surface area contributed by atoms with Crippen LogP contribution in [-0.2, 0) is 9.53 Å². The highest BCUT2D eigenvalue weighted by Crippen LogP contribution is 2.22. The van der Waals surface area contributed by atoms with Crippen molar-refractivity contribution in [3.8, 4) is 0 Å². The molecule has 0 aliphatic carbocycles. The number of ether oxygens (including phenoxy) is 1. The van der Waals surface area contributed by atoms with Gasteiger partial charge in [-0.05, 0) is 68.5 Å². The molecular formula is C15H20O2. The van der Waals surface area contributed by atoms with Crippen molar-refractivity contribution >= 4 is 12.0 Å². The Bertz CT molecular complexity index is 430. The molecule has 0 saturated heterocycles. The Kier molecular flexibility index (Phi) is 4.50. The monoisotopic (exact) mass is 232 g/mol. The summed E-state index contributed by atoms with van der Waals surface area (Å²) in [5.74, 6) is -0.287. The summed E-state index contributed by atoms with van der Waals surface area (Å²) in [6, 6.07) is 2.17. The molecule has 1 aromatic carbocycles. The summed E-state index contributed by atoms with van der Waals surface area (Å²) in [5.41, 5.74) is 6.05. The van der Waals surface area contributed by atoms with E-state index in [1.54, 1.807) is 6.92 Å². The molecule has 0 aliphatic heterocycles. The van der Waals surface area contributed by atoms with E-state index in [9.17, 15) is 4.79 Å². The molecule has 0 bridgehead atoms. The first-order chi connectivity index (χ1) is 7.97. The van der Waals surface area contributed by atoms with Crippen LogP contribution in [0.1, 0.15) is 34.7 Å². The minimum absolute atomic E-state index is 0.287. The maximum absolute atomic E-state index is 11.3. The maximum Gasteiger partial charge on any atom is 0.330 e. The minimum Gasteiger partial charge on any atom is -0.463 e. The molecule has 1 rings (SSSR count). The molecule has 0 unspecified atom stereocenters. The Morgan fingerprint density at radius 2 is 1.71 bits per heavy atom. The first kappa shape index (κ1) is 13.5. The van der Waals surface area contributed by atoms with Crippen LogP contribution >= 0.6 is 0 Å². The summed E-state index contributed by atoms with van der Waals surface area (Å²) in [6.45, 7) is 10.5. The SMILES string of the molecule is CCOC(=O)/C=C/c1c(C)c(C)cc(C)c1C. The molecule has 17 heavy (non-hydrogen) atoms. The van der Waals surface area contributed by atoms with Gasteiger partial charge in [-0.2, -0.15) is 0 Å². The fourth-order valence-corrected chi connectivity index (χ4v) is 1.84. The lowest BCUT2D eigenvalue weighted by Gasteiger charge is -2.11. The van der Waals surface area contributed by atoms with Crippen LogP contribution in [0.15, 0.2) is 12.1 Å². The van der Waals surface area contributed by atoms with Crippen molar-refractivity contribution in [2.24, 2.45) is 0 Å². The molecule has 0 fully saturated rings. The summed E-state index contributed by atoms with van der Waals surface area (Å²) in [5, 5.41) is 0. The van der Waals surface area contributed by atoms with E-state index < -0.39 is 0 Å². The summed E-state index contributed by atoms with van der Waals surface area (Å²) >= 11 is 0. The predicted octanol–water partition coefficient (Wildman–Crippen LogP) is 3.50. The Balaban J connectivity index is 3.10. The van der Waals surface area contributed by atoms with Gasteiger partial charge in [0.15, 0.2) is 0 Å². The number of rotatable bonds is 3. The fraction of sp³-hybridized carbons (Fsp3) is 0.400. The average Bonchev–Trinajstić information content (AvgIpc) is 2.27. The maximum atomic E-state index is 11.3. The molecule has 0 amide bonds. The number of carbonyl (C=O) groups is 1. The van der Waals surface area contributed by atoms with Crippen molar-refractivity contribution in [3.63, 3.8) is 0 Å². The number of aryl methyl sites for hydroxylation is 2. The second-order valence-corrected chi connectivity index (χ2v) is 4.26. The molecule has 0 aromatic heterocycles. The van der Waals surface area contributed by atoms with Crippen molar-refractivity contribution in [2.45, 2.75) is 34.6 Å². The number of carbonyl (C=O) groups excluding carboxylic acids is 1. The number of benzene rings is 1. The van der Waals surface area contributed by atoms with Crippen molar-refractivity contribution in [2.75, 3.05) is 6.61 Å². The van der Waals surface area contributed by atoms with Crippen LogP contribution in [0.5, 0.6) is 0 Å². The van der Waals surface area contributed by atoms with E-state index in [-0.39, 0.29) is 5.97 Å². The molecule has 0 atom stereocenters. The van der Waals surface area contributed by atoms with E-state index in [4.69, 9.17) is 4.74 Å². The first-order valence-corrected chi connectivity index (χ1v) is 5.89. The number of esters is 1. The highest BCUT2D eigenvalue weighted by Gasteiger charge is 2.06. The van der Waals surface area contributed by atoms with Gasteiger partial charge in [-0.3, -0.25) is 0 Å². The van der Waals surface area contributed by atoms with Gasteiger partial charge >= 0.3 is 5.97 Å². The zero-order valence-electron chi connectivity index (χ0n) is 11.3. The molecule has 1 aromatic rings. The highest BCUT2D eigenvalue weighted by molar-refractivity contribution is 5.87. The van der Waals surface area contributed by atoms with E-state index in [1.807, 2.05) is 6.08 Å². The van der Waals surface area contributed by atoms with Crippen LogP contribution in [-0.4, -0.2) is 12.6 Å². The zero-order valence-corrected chi connectivity index (χ0v) is 11.3. The van der Waals surface area contributed by atoms with Crippen LogP contribution in [0, 0.1) is 27.7 Å². The Morgan fingerprint density at radius 3 is 2.18 bits per heavy atom. The summed E-state index contributed by atoms with van der Waals surface area (Å²) in [7, 11) is 0. The summed E-state index contributed by atoms with van der Waals surface area (Å²) in [4.78, 5) is 11.3. The smallest absolute Gasteiger partial charge is 0.330 e. The van der Waals surface area contributed by atoms with Crippen molar-refractivity contribution < 1.29 is 9.53 Å². The molecule has 0 saturated carbocycles. The topological polar surface area (TPSA) is 26.3 Å². The molecule has 2 heteroatoms. The van der Waals surface area contributed by atoms with Crippen LogP contribution in [0.4, 0.5) is 0 Å². The van der Waals surface area contributed by atoms with Crippen LogP contribution < -0.4 is 0 Å². The second kappa shape index (κ2) is 5.67. The largest absolute Gasteiger partial charge is 0.463 e. The lowest BCUT2D eigenvalue weighted by atomic mass is 9.94. The van der Waals surface area contributed by atoms with E-state index in [0.717, 1.165) is 5.56 Å². The third-order valence-electron chi connectivity index (χ3n) is 3.10. The zero-order chi connectivity index (χ0) is 13.0. The Hall–Kier alpha value is -1.57.